The van der Waals surface area contributed by atoms with E-state index in [2.05, 4.69) is 4.98 Å². The summed E-state index contributed by atoms with van der Waals surface area (Å²) < 4.78 is 6.79. The van der Waals surface area contributed by atoms with Gasteiger partial charge in [0.25, 0.3) is 5.56 Å². The molecule has 0 amide bonds. The maximum absolute atomic E-state index is 13.0. The van der Waals surface area contributed by atoms with Crippen molar-refractivity contribution in [2.75, 3.05) is 7.11 Å². The van der Waals surface area contributed by atoms with E-state index in [1.165, 1.54) is 11.8 Å². The molecule has 3 rings (SSSR count). The van der Waals surface area contributed by atoms with E-state index in [0.717, 1.165) is 0 Å². The van der Waals surface area contributed by atoms with Gasteiger partial charge >= 0.3 is 0 Å². The number of rotatable bonds is 7. The monoisotopic (exact) mass is 382 g/mol. The Kier molecular flexibility index (Phi) is 5.96. The standard InChI is InChI=1S/C21H22N2O3S/c1-4-18(19(24)14-10-12-15(26-3)13-11-14)27-21-22-17-9-7-6-8-16(17)20(25)23(21)5-2/h6-13,18H,4-5H2,1-3H3. The van der Waals surface area contributed by atoms with Crippen molar-refractivity contribution in [1.29, 1.82) is 0 Å². The van der Waals surface area contributed by atoms with Crippen LogP contribution in [0.5, 0.6) is 5.75 Å². The molecule has 140 valence electrons. The lowest BCUT2D eigenvalue weighted by Crippen LogP contribution is -2.25. The lowest BCUT2D eigenvalue weighted by molar-refractivity contribution is 0.0988. The first-order valence-electron chi connectivity index (χ1n) is 8.93. The molecular weight excluding hydrogens is 360 g/mol. The number of fused-ring (bicyclic) bond motifs is 1. The molecule has 6 heteroatoms. The summed E-state index contributed by atoms with van der Waals surface area (Å²) in [5.41, 5.74) is 1.21. The minimum atomic E-state index is -0.316. The van der Waals surface area contributed by atoms with Gasteiger partial charge in [0, 0.05) is 12.1 Å². The highest BCUT2D eigenvalue weighted by Gasteiger charge is 2.22. The average molecular weight is 382 g/mol. The number of benzene rings is 2. The van der Waals surface area contributed by atoms with Gasteiger partial charge in [-0.1, -0.05) is 30.8 Å². The first-order chi connectivity index (χ1) is 13.1. The molecule has 27 heavy (non-hydrogen) atoms. The number of ketones is 1. The van der Waals surface area contributed by atoms with Gasteiger partial charge in [-0.25, -0.2) is 4.98 Å². The number of para-hydroxylation sites is 1. The minimum absolute atomic E-state index is 0.0233. The van der Waals surface area contributed by atoms with Crippen LogP contribution >= 0.6 is 11.8 Å². The van der Waals surface area contributed by atoms with Crippen LogP contribution in [0.25, 0.3) is 10.9 Å². The molecule has 1 heterocycles. The van der Waals surface area contributed by atoms with E-state index in [4.69, 9.17) is 4.74 Å². The van der Waals surface area contributed by atoms with Gasteiger partial charge in [0.1, 0.15) is 5.75 Å². The molecule has 2 aromatic carbocycles. The number of nitrogens with zero attached hydrogens (tertiary/aromatic N) is 2. The second kappa shape index (κ2) is 8.39. The third-order valence-corrected chi connectivity index (χ3v) is 5.78. The first kappa shape index (κ1) is 19.2. The van der Waals surface area contributed by atoms with Crippen LogP contribution in [-0.2, 0) is 6.54 Å². The Labute approximate surface area is 162 Å². The molecule has 0 saturated heterocycles. The molecule has 0 aliphatic carbocycles. The fourth-order valence-electron chi connectivity index (χ4n) is 2.91. The quantitative estimate of drug-likeness (QED) is 0.348. The lowest BCUT2D eigenvalue weighted by atomic mass is 10.1. The smallest absolute Gasteiger partial charge is 0.262 e. The Balaban J connectivity index is 1.96. The number of ether oxygens (including phenoxy) is 1. The zero-order valence-corrected chi connectivity index (χ0v) is 16.5. The van der Waals surface area contributed by atoms with E-state index in [9.17, 15) is 9.59 Å². The number of carbonyl (C=O) groups excluding carboxylic acids is 1. The molecule has 0 aliphatic heterocycles. The molecule has 0 spiro atoms. The summed E-state index contributed by atoms with van der Waals surface area (Å²) in [5.74, 6) is 0.735. The highest BCUT2D eigenvalue weighted by atomic mass is 32.2. The van der Waals surface area contributed by atoms with Crippen LogP contribution in [0.3, 0.4) is 0 Å². The molecule has 0 N–H and O–H groups in total. The summed E-state index contributed by atoms with van der Waals surface area (Å²) in [4.78, 5) is 30.4. The number of hydrogen-bond donors (Lipinski definition) is 0. The van der Waals surface area contributed by atoms with Gasteiger partial charge in [0.15, 0.2) is 10.9 Å². The SMILES string of the molecule is CCC(Sc1nc2ccccc2c(=O)n1CC)C(=O)c1ccc(OC)cc1. The van der Waals surface area contributed by atoms with Crippen LogP contribution < -0.4 is 10.3 Å². The number of aromatic nitrogens is 2. The zero-order chi connectivity index (χ0) is 19.4. The van der Waals surface area contributed by atoms with Crippen molar-refractivity contribution in [2.45, 2.75) is 37.2 Å². The predicted octanol–water partition coefficient (Wildman–Crippen LogP) is 4.18. The van der Waals surface area contributed by atoms with E-state index >= 15 is 0 Å². The van der Waals surface area contributed by atoms with Gasteiger partial charge in [0.05, 0.1) is 23.3 Å². The summed E-state index contributed by atoms with van der Waals surface area (Å²) in [7, 11) is 1.59. The number of thioether (sulfide) groups is 1. The summed E-state index contributed by atoms with van der Waals surface area (Å²) in [5, 5.41) is 0.859. The predicted molar refractivity (Wildman–Crippen MR) is 109 cm³/mol. The maximum atomic E-state index is 13.0. The van der Waals surface area contributed by atoms with Crippen molar-refractivity contribution in [3.8, 4) is 5.75 Å². The summed E-state index contributed by atoms with van der Waals surface area (Å²) in [6.07, 6.45) is 0.641. The van der Waals surface area contributed by atoms with Crippen LogP contribution in [0.15, 0.2) is 58.5 Å². The van der Waals surface area contributed by atoms with Crippen LogP contribution in [-0.4, -0.2) is 27.7 Å². The zero-order valence-electron chi connectivity index (χ0n) is 15.6. The van der Waals surface area contributed by atoms with Crippen LogP contribution in [0.4, 0.5) is 0 Å². The van der Waals surface area contributed by atoms with Gasteiger partial charge in [-0.05, 0) is 49.7 Å². The van der Waals surface area contributed by atoms with Crippen LogP contribution in [0.2, 0.25) is 0 Å². The van der Waals surface area contributed by atoms with Gasteiger partial charge in [-0.2, -0.15) is 0 Å². The normalized spacial score (nSPS) is 12.1. The molecule has 1 unspecified atom stereocenters. The van der Waals surface area contributed by atoms with Crippen molar-refractivity contribution in [2.24, 2.45) is 0 Å². The van der Waals surface area contributed by atoms with Crippen molar-refractivity contribution in [1.82, 2.24) is 9.55 Å². The molecule has 3 aromatic rings. The first-order valence-corrected chi connectivity index (χ1v) is 9.81. The molecule has 0 fully saturated rings. The maximum Gasteiger partial charge on any atom is 0.262 e. The molecular formula is C21H22N2O3S. The fraction of sp³-hybridized carbons (Fsp3) is 0.286. The van der Waals surface area contributed by atoms with E-state index in [0.29, 0.717) is 40.3 Å². The second-order valence-electron chi connectivity index (χ2n) is 6.07. The third kappa shape index (κ3) is 3.90. The highest BCUT2D eigenvalue weighted by Crippen LogP contribution is 2.28. The van der Waals surface area contributed by atoms with Gasteiger partial charge in [-0.15, -0.1) is 0 Å². The highest BCUT2D eigenvalue weighted by molar-refractivity contribution is 8.00. The number of hydrogen-bond acceptors (Lipinski definition) is 5. The van der Waals surface area contributed by atoms with Gasteiger partial charge in [-0.3, -0.25) is 14.2 Å². The number of carbonyl (C=O) groups is 1. The number of methoxy groups -OCH3 is 1. The average Bonchev–Trinajstić information content (AvgIpc) is 2.71. The Morgan fingerprint density at radius 2 is 1.85 bits per heavy atom. The lowest BCUT2D eigenvalue weighted by Gasteiger charge is -2.17. The second-order valence-corrected chi connectivity index (χ2v) is 7.24. The van der Waals surface area contributed by atoms with Gasteiger partial charge in [0.2, 0.25) is 0 Å². The van der Waals surface area contributed by atoms with Crippen molar-refractivity contribution in [3.63, 3.8) is 0 Å². The minimum Gasteiger partial charge on any atom is -0.497 e. The van der Waals surface area contributed by atoms with Crippen molar-refractivity contribution < 1.29 is 9.53 Å². The molecule has 0 bridgehead atoms. The Hall–Kier alpha value is -2.60. The molecule has 0 radical (unpaired) electrons. The van der Waals surface area contributed by atoms with Crippen LogP contribution in [0.1, 0.15) is 30.6 Å². The Morgan fingerprint density at radius 1 is 1.15 bits per heavy atom. The third-order valence-electron chi connectivity index (χ3n) is 4.43. The fourth-order valence-corrected chi connectivity index (χ4v) is 4.06. The molecule has 0 aliphatic rings. The van der Waals surface area contributed by atoms with E-state index in [1.807, 2.05) is 32.0 Å². The Bertz CT molecular complexity index is 1010. The van der Waals surface area contributed by atoms with Gasteiger partial charge < -0.3 is 4.74 Å². The van der Waals surface area contributed by atoms with Crippen molar-refractivity contribution >= 4 is 28.4 Å². The van der Waals surface area contributed by atoms with E-state index in [-0.39, 0.29) is 16.6 Å². The summed E-state index contributed by atoms with van der Waals surface area (Å²) in [6, 6.07) is 14.4. The van der Waals surface area contributed by atoms with Crippen LogP contribution in [0, 0.1) is 0 Å². The molecule has 0 saturated carbocycles. The van der Waals surface area contributed by atoms with E-state index < -0.39 is 0 Å². The van der Waals surface area contributed by atoms with E-state index in [1.54, 1.807) is 42.0 Å². The topological polar surface area (TPSA) is 61.2 Å². The molecule has 5 nitrogen and oxygen atoms in total. The Morgan fingerprint density at radius 3 is 2.48 bits per heavy atom. The molecule has 1 aromatic heterocycles. The summed E-state index contributed by atoms with van der Waals surface area (Å²) >= 11 is 1.35. The number of Topliss-reactive ketones (excluding diaryl/α,β-unsaturated/α-hetero) is 1. The molecule has 1 atom stereocenters. The largest absolute Gasteiger partial charge is 0.497 e. The summed E-state index contributed by atoms with van der Waals surface area (Å²) in [6.45, 7) is 4.38. The van der Waals surface area contributed by atoms with Crippen molar-refractivity contribution in [3.05, 3.63) is 64.4 Å².